The van der Waals surface area contributed by atoms with Crippen LogP contribution >= 0.6 is 11.3 Å². The Balaban J connectivity index is 1.76. The summed E-state index contributed by atoms with van der Waals surface area (Å²) in [6.45, 7) is 5.40. The summed E-state index contributed by atoms with van der Waals surface area (Å²) in [4.78, 5) is 27.6. The third-order valence-corrected chi connectivity index (χ3v) is 6.80. The van der Waals surface area contributed by atoms with Crippen LogP contribution in [-0.4, -0.2) is 67.8 Å². The van der Waals surface area contributed by atoms with E-state index in [0.717, 1.165) is 29.1 Å². The van der Waals surface area contributed by atoms with Gasteiger partial charge in [0.2, 0.25) is 0 Å². The molecule has 4 rings (SSSR count). The molecule has 0 aliphatic carbocycles. The van der Waals surface area contributed by atoms with Gasteiger partial charge in [-0.15, -0.1) is 11.3 Å². The number of carbonyl (C=O) groups is 1. The molecular formula is C21H28N6O2S. The third-order valence-electron chi connectivity index (χ3n) is 5.91. The van der Waals surface area contributed by atoms with E-state index in [9.17, 15) is 9.90 Å². The third kappa shape index (κ3) is 3.91. The van der Waals surface area contributed by atoms with Crippen LogP contribution in [0.15, 0.2) is 23.8 Å². The number of hydrogen-bond donors (Lipinski definition) is 1. The summed E-state index contributed by atoms with van der Waals surface area (Å²) in [5.74, 6) is 1.15. The topological polar surface area (TPSA) is 86.9 Å². The van der Waals surface area contributed by atoms with Gasteiger partial charge in [-0.05, 0) is 25.7 Å². The highest BCUT2D eigenvalue weighted by Gasteiger charge is 2.26. The zero-order valence-electron chi connectivity index (χ0n) is 17.7. The average Bonchev–Trinajstić information content (AvgIpc) is 3.38. The molecule has 0 radical (unpaired) electrons. The van der Waals surface area contributed by atoms with E-state index in [1.54, 1.807) is 33.0 Å². The molecule has 0 atom stereocenters. The molecule has 1 saturated heterocycles. The van der Waals surface area contributed by atoms with E-state index >= 15 is 0 Å². The summed E-state index contributed by atoms with van der Waals surface area (Å²) in [5.41, 5.74) is 1.22. The minimum Gasteiger partial charge on any atom is -0.393 e. The molecule has 1 aliphatic heterocycles. The van der Waals surface area contributed by atoms with Crippen molar-refractivity contribution in [3.8, 4) is 11.4 Å². The van der Waals surface area contributed by atoms with E-state index in [1.165, 1.54) is 0 Å². The Bertz CT molecular complexity index is 1020. The number of thiazole rings is 1. The molecule has 0 unspecified atom stereocenters. The van der Waals surface area contributed by atoms with Crippen molar-refractivity contribution < 1.29 is 9.90 Å². The second-order valence-corrected chi connectivity index (χ2v) is 8.65. The summed E-state index contributed by atoms with van der Waals surface area (Å²) in [6, 6.07) is 2.12. The van der Waals surface area contributed by atoms with Crippen LogP contribution < -0.4 is 4.90 Å². The highest BCUT2D eigenvalue weighted by atomic mass is 32.1. The number of piperidine rings is 1. The standard InChI is InChI=1S/C21H28N6O2S/c1-4-14(5-2)25(3)18-12-17(20(29)26-8-6-15(28)7-9-26)23-19(24-18)16-13-22-27-10-11-30-21(16)27/h10-15,28H,4-9H2,1-3H3. The molecule has 1 aliphatic rings. The van der Waals surface area contributed by atoms with E-state index in [-0.39, 0.29) is 12.0 Å². The van der Waals surface area contributed by atoms with Gasteiger partial charge in [-0.1, -0.05) is 13.8 Å². The minimum absolute atomic E-state index is 0.112. The first-order valence-electron chi connectivity index (χ1n) is 10.5. The number of anilines is 1. The molecule has 30 heavy (non-hydrogen) atoms. The second-order valence-electron chi connectivity index (χ2n) is 7.75. The predicted octanol–water partition coefficient (Wildman–Crippen LogP) is 3.07. The Morgan fingerprint density at radius 2 is 2.03 bits per heavy atom. The maximum Gasteiger partial charge on any atom is 0.272 e. The van der Waals surface area contributed by atoms with Gasteiger partial charge >= 0.3 is 0 Å². The Labute approximate surface area is 180 Å². The molecule has 0 aromatic carbocycles. The first-order chi connectivity index (χ1) is 14.5. The lowest BCUT2D eigenvalue weighted by Gasteiger charge is -2.30. The normalized spacial score (nSPS) is 15.3. The quantitative estimate of drug-likeness (QED) is 0.649. The molecule has 1 N–H and O–H groups in total. The molecule has 9 heteroatoms. The number of aliphatic hydroxyl groups is 1. The zero-order valence-corrected chi connectivity index (χ0v) is 18.5. The zero-order chi connectivity index (χ0) is 21.3. The van der Waals surface area contributed by atoms with Crippen LogP contribution in [0.4, 0.5) is 5.82 Å². The van der Waals surface area contributed by atoms with Crippen LogP contribution in [0.25, 0.3) is 16.2 Å². The van der Waals surface area contributed by atoms with Crippen molar-refractivity contribution in [1.82, 2.24) is 24.5 Å². The van der Waals surface area contributed by atoms with E-state index in [1.807, 2.05) is 18.6 Å². The van der Waals surface area contributed by atoms with Crippen LogP contribution in [0.1, 0.15) is 50.0 Å². The summed E-state index contributed by atoms with van der Waals surface area (Å²) in [7, 11) is 2.02. The number of aliphatic hydroxyl groups excluding tert-OH is 1. The number of aromatic nitrogens is 4. The van der Waals surface area contributed by atoms with Crippen LogP contribution in [0.3, 0.4) is 0 Å². The van der Waals surface area contributed by atoms with E-state index in [4.69, 9.17) is 4.98 Å². The number of amides is 1. The Morgan fingerprint density at radius 3 is 2.73 bits per heavy atom. The monoisotopic (exact) mass is 428 g/mol. The Morgan fingerprint density at radius 1 is 1.30 bits per heavy atom. The molecular weight excluding hydrogens is 400 g/mol. The molecule has 0 bridgehead atoms. The SMILES string of the molecule is CCC(CC)N(C)c1cc(C(=O)N2CCC(O)CC2)nc(-c2cnn3ccsc23)n1. The predicted molar refractivity (Wildman–Crippen MR) is 118 cm³/mol. The molecule has 4 heterocycles. The van der Waals surface area contributed by atoms with Crippen LogP contribution in [-0.2, 0) is 0 Å². The van der Waals surface area contributed by atoms with Gasteiger partial charge in [0, 0.05) is 43.8 Å². The fraction of sp³-hybridized carbons (Fsp3) is 0.524. The fourth-order valence-electron chi connectivity index (χ4n) is 3.98. The molecule has 1 fully saturated rings. The van der Waals surface area contributed by atoms with Gasteiger partial charge in [0.05, 0.1) is 17.9 Å². The van der Waals surface area contributed by atoms with Gasteiger partial charge in [0.1, 0.15) is 16.3 Å². The second kappa shape index (κ2) is 8.69. The number of likely N-dealkylation sites (tertiary alicyclic amines) is 1. The lowest BCUT2D eigenvalue weighted by molar-refractivity contribution is 0.0541. The highest BCUT2D eigenvalue weighted by Crippen LogP contribution is 2.28. The van der Waals surface area contributed by atoms with E-state index < -0.39 is 0 Å². The number of hydrogen-bond acceptors (Lipinski definition) is 7. The van der Waals surface area contributed by atoms with Crippen molar-refractivity contribution in [3.05, 3.63) is 29.5 Å². The summed E-state index contributed by atoms with van der Waals surface area (Å²) in [6.07, 6.45) is 6.51. The number of carbonyl (C=O) groups excluding carboxylic acids is 1. The smallest absolute Gasteiger partial charge is 0.272 e. The van der Waals surface area contributed by atoms with Crippen molar-refractivity contribution in [2.24, 2.45) is 0 Å². The molecule has 0 spiro atoms. The summed E-state index contributed by atoms with van der Waals surface area (Å²) < 4.78 is 1.80. The van der Waals surface area contributed by atoms with Crippen molar-refractivity contribution in [2.45, 2.75) is 51.7 Å². The lowest BCUT2D eigenvalue weighted by atomic mass is 10.1. The van der Waals surface area contributed by atoms with Crippen molar-refractivity contribution >= 4 is 27.9 Å². The van der Waals surface area contributed by atoms with Crippen LogP contribution in [0, 0.1) is 0 Å². The highest BCUT2D eigenvalue weighted by molar-refractivity contribution is 7.16. The van der Waals surface area contributed by atoms with Gasteiger partial charge in [-0.2, -0.15) is 5.10 Å². The van der Waals surface area contributed by atoms with Gasteiger partial charge in [0.15, 0.2) is 5.82 Å². The number of nitrogens with zero attached hydrogens (tertiary/aromatic N) is 6. The van der Waals surface area contributed by atoms with Gasteiger partial charge < -0.3 is 14.9 Å². The molecule has 3 aromatic rings. The van der Waals surface area contributed by atoms with E-state index in [2.05, 4.69) is 28.8 Å². The lowest BCUT2D eigenvalue weighted by Crippen LogP contribution is -2.40. The first-order valence-corrected chi connectivity index (χ1v) is 11.4. The molecule has 3 aromatic heterocycles. The molecule has 0 saturated carbocycles. The van der Waals surface area contributed by atoms with Gasteiger partial charge in [-0.25, -0.2) is 14.5 Å². The molecule has 8 nitrogen and oxygen atoms in total. The molecule has 160 valence electrons. The van der Waals surface area contributed by atoms with Crippen molar-refractivity contribution in [1.29, 1.82) is 0 Å². The summed E-state index contributed by atoms with van der Waals surface area (Å²) in [5, 5.41) is 16.1. The summed E-state index contributed by atoms with van der Waals surface area (Å²) >= 11 is 1.57. The number of fused-ring (bicyclic) bond motifs is 1. The first kappa shape index (κ1) is 20.7. The largest absolute Gasteiger partial charge is 0.393 e. The average molecular weight is 429 g/mol. The molecule has 1 amide bonds. The Hall–Kier alpha value is -2.52. The van der Waals surface area contributed by atoms with Crippen molar-refractivity contribution in [2.75, 3.05) is 25.0 Å². The Kier molecular flexibility index (Phi) is 6.01. The van der Waals surface area contributed by atoms with Gasteiger partial charge in [-0.3, -0.25) is 4.79 Å². The fourth-order valence-corrected chi connectivity index (χ4v) is 4.77. The maximum atomic E-state index is 13.2. The van der Waals surface area contributed by atoms with Gasteiger partial charge in [0.25, 0.3) is 5.91 Å². The maximum absolute atomic E-state index is 13.2. The van der Waals surface area contributed by atoms with E-state index in [0.29, 0.717) is 43.5 Å². The van der Waals surface area contributed by atoms with Crippen LogP contribution in [0.2, 0.25) is 0 Å². The number of rotatable bonds is 6. The van der Waals surface area contributed by atoms with Crippen molar-refractivity contribution in [3.63, 3.8) is 0 Å². The van der Waals surface area contributed by atoms with Crippen LogP contribution in [0.5, 0.6) is 0 Å². The minimum atomic E-state index is -0.328.